The van der Waals surface area contributed by atoms with Crippen molar-refractivity contribution in [2.24, 2.45) is 5.92 Å². The lowest BCUT2D eigenvalue weighted by Gasteiger charge is -2.27. The van der Waals surface area contributed by atoms with Crippen LogP contribution in [0.5, 0.6) is 0 Å². The summed E-state index contributed by atoms with van der Waals surface area (Å²) >= 11 is 3.10. The molecule has 1 heterocycles. The first-order valence-electron chi connectivity index (χ1n) is 6.40. The Hall–Kier alpha value is -1.27. The van der Waals surface area contributed by atoms with E-state index >= 15 is 0 Å². The molecule has 2 atom stereocenters. The van der Waals surface area contributed by atoms with E-state index in [1.807, 2.05) is 0 Å². The molecular formula is C14H15BrFNO3. The van der Waals surface area contributed by atoms with Crippen LogP contribution in [0.3, 0.4) is 0 Å². The molecule has 108 valence electrons. The third-order valence-electron chi connectivity index (χ3n) is 3.30. The number of carbonyl (C=O) groups excluding carboxylic acids is 2. The van der Waals surface area contributed by atoms with Gasteiger partial charge in [-0.05, 0) is 40.5 Å². The minimum Gasteiger partial charge on any atom is -0.465 e. The van der Waals surface area contributed by atoms with Crippen LogP contribution in [-0.2, 0) is 14.3 Å². The summed E-state index contributed by atoms with van der Waals surface area (Å²) in [4.78, 5) is 24.1. The van der Waals surface area contributed by atoms with Gasteiger partial charge in [0.1, 0.15) is 11.7 Å². The van der Waals surface area contributed by atoms with Crippen molar-refractivity contribution in [3.63, 3.8) is 0 Å². The highest BCUT2D eigenvalue weighted by molar-refractivity contribution is 9.10. The first-order valence-corrected chi connectivity index (χ1v) is 7.20. The molecule has 2 unspecified atom stereocenters. The number of carbonyl (C=O) groups is 2. The highest BCUT2D eigenvalue weighted by Crippen LogP contribution is 2.27. The number of hydrogen-bond donors (Lipinski definition) is 1. The summed E-state index contributed by atoms with van der Waals surface area (Å²) in [6.45, 7) is 2.67. The average Bonchev–Trinajstić information content (AvgIpc) is 2.42. The number of ketones is 1. The molecule has 1 aromatic rings. The van der Waals surface area contributed by atoms with Gasteiger partial charge in [-0.1, -0.05) is 6.07 Å². The van der Waals surface area contributed by atoms with Crippen LogP contribution in [0, 0.1) is 11.7 Å². The minimum atomic E-state index is -0.794. The molecule has 0 radical (unpaired) electrons. The summed E-state index contributed by atoms with van der Waals surface area (Å²) in [6.07, 6.45) is 0. The van der Waals surface area contributed by atoms with Crippen LogP contribution in [0.1, 0.15) is 18.4 Å². The largest absolute Gasteiger partial charge is 0.465 e. The fraction of sp³-hybridized carbons (Fsp3) is 0.429. The van der Waals surface area contributed by atoms with Crippen molar-refractivity contribution in [1.29, 1.82) is 0 Å². The molecule has 0 bridgehead atoms. The molecule has 2 rings (SSSR count). The second-order valence-corrected chi connectivity index (χ2v) is 5.45. The van der Waals surface area contributed by atoms with Crippen LogP contribution in [0.4, 0.5) is 4.39 Å². The van der Waals surface area contributed by atoms with Crippen LogP contribution in [0.25, 0.3) is 0 Å². The van der Waals surface area contributed by atoms with Crippen LogP contribution < -0.4 is 5.32 Å². The average molecular weight is 344 g/mol. The van der Waals surface area contributed by atoms with Crippen molar-refractivity contribution in [3.05, 3.63) is 34.1 Å². The number of nitrogens with one attached hydrogen (secondary N) is 1. The first-order chi connectivity index (χ1) is 9.54. The van der Waals surface area contributed by atoms with Gasteiger partial charge in [0, 0.05) is 13.1 Å². The molecule has 1 fully saturated rings. The summed E-state index contributed by atoms with van der Waals surface area (Å²) in [6, 6.07) is 4.45. The molecular weight excluding hydrogens is 329 g/mol. The molecule has 1 aliphatic heterocycles. The normalized spacial score (nSPS) is 22.6. The van der Waals surface area contributed by atoms with Crippen molar-refractivity contribution in [2.45, 2.75) is 12.8 Å². The van der Waals surface area contributed by atoms with E-state index in [9.17, 15) is 14.0 Å². The molecule has 0 saturated carbocycles. The molecule has 0 amide bonds. The van der Waals surface area contributed by atoms with E-state index in [0.29, 0.717) is 16.6 Å². The van der Waals surface area contributed by atoms with Gasteiger partial charge in [-0.15, -0.1) is 0 Å². The Labute approximate surface area is 124 Å². The Morgan fingerprint density at radius 1 is 1.50 bits per heavy atom. The fourth-order valence-electron chi connectivity index (χ4n) is 2.27. The van der Waals surface area contributed by atoms with Crippen LogP contribution in [0.2, 0.25) is 0 Å². The first kappa shape index (κ1) is 15.1. The highest BCUT2D eigenvalue weighted by Gasteiger charge is 2.37. The number of rotatable bonds is 3. The van der Waals surface area contributed by atoms with E-state index in [1.165, 1.54) is 6.07 Å². The van der Waals surface area contributed by atoms with Gasteiger partial charge < -0.3 is 10.1 Å². The van der Waals surface area contributed by atoms with E-state index in [4.69, 9.17) is 4.74 Å². The Balaban J connectivity index is 2.21. The second-order valence-electron chi connectivity index (χ2n) is 4.59. The Morgan fingerprint density at radius 2 is 2.25 bits per heavy atom. The predicted molar refractivity (Wildman–Crippen MR) is 74.8 cm³/mol. The van der Waals surface area contributed by atoms with Crippen molar-refractivity contribution in [1.82, 2.24) is 5.32 Å². The van der Waals surface area contributed by atoms with Crippen molar-refractivity contribution < 1.29 is 18.7 Å². The Bertz CT molecular complexity index is 535. The summed E-state index contributed by atoms with van der Waals surface area (Å²) in [5, 5.41) is 3.06. The number of ether oxygens (including phenoxy) is 1. The van der Waals surface area contributed by atoms with Gasteiger partial charge in [0.15, 0.2) is 5.78 Å². The van der Waals surface area contributed by atoms with E-state index < -0.39 is 17.8 Å². The topological polar surface area (TPSA) is 55.4 Å². The maximum atomic E-state index is 13.2. The molecule has 1 aromatic carbocycles. The number of esters is 1. The van der Waals surface area contributed by atoms with Crippen LogP contribution in [0.15, 0.2) is 22.7 Å². The van der Waals surface area contributed by atoms with E-state index in [0.717, 1.165) is 0 Å². The predicted octanol–water partition coefficient (Wildman–Crippen LogP) is 2.02. The third kappa shape index (κ3) is 3.07. The number of piperidine rings is 1. The Kier molecular flexibility index (Phi) is 4.88. The number of hydrogen-bond acceptors (Lipinski definition) is 4. The van der Waals surface area contributed by atoms with Gasteiger partial charge >= 0.3 is 5.97 Å². The Morgan fingerprint density at radius 3 is 2.90 bits per heavy atom. The summed E-state index contributed by atoms with van der Waals surface area (Å²) in [5.74, 6) is -2.32. The van der Waals surface area contributed by atoms with Gasteiger partial charge in [-0.2, -0.15) is 0 Å². The lowest BCUT2D eigenvalue weighted by molar-refractivity contribution is -0.152. The lowest BCUT2D eigenvalue weighted by atomic mass is 9.84. The molecule has 1 aliphatic rings. The van der Waals surface area contributed by atoms with Crippen molar-refractivity contribution >= 4 is 27.7 Å². The zero-order chi connectivity index (χ0) is 14.7. The molecule has 1 N–H and O–H groups in total. The smallest absolute Gasteiger partial charge is 0.317 e. The molecule has 1 saturated heterocycles. The highest BCUT2D eigenvalue weighted by atomic mass is 79.9. The fourth-order valence-corrected chi connectivity index (χ4v) is 2.67. The quantitative estimate of drug-likeness (QED) is 0.673. The van der Waals surface area contributed by atoms with Gasteiger partial charge in [0.25, 0.3) is 0 Å². The van der Waals surface area contributed by atoms with Crippen molar-refractivity contribution in [2.75, 3.05) is 19.7 Å². The van der Waals surface area contributed by atoms with Crippen molar-refractivity contribution in [3.8, 4) is 0 Å². The third-order valence-corrected chi connectivity index (χ3v) is 3.91. The zero-order valence-corrected chi connectivity index (χ0v) is 12.6. The SMILES string of the molecule is CCOC(=O)C1CNCC(c2ccc(F)c(Br)c2)C1=O. The zero-order valence-electron chi connectivity index (χ0n) is 11.0. The maximum Gasteiger partial charge on any atom is 0.317 e. The number of Topliss-reactive ketones (excluding diaryl/α,β-unsaturated/α-hetero) is 1. The van der Waals surface area contributed by atoms with E-state index in [-0.39, 0.29) is 24.8 Å². The minimum absolute atomic E-state index is 0.180. The van der Waals surface area contributed by atoms with Gasteiger partial charge in [0.05, 0.1) is 17.0 Å². The molecule has 0 spiro atoms. The molecule has 6 heteroatoms. The van der Waals surface area contributed by atoms with E-state index in [1.54, 1.807) is 19.1 Å². The van der Waals surface area contributed by atoms with Gasteiger partial charge in [0.2, 0.25) is 0 Å². The summed E-state index contributed by atoms with van der Waals surface area (Å²) in [7, 11) is 0. The number of benzene rings is 1. The summed E-state index contributed by atoms with van der Waals surface area (Å²) in [5.41, 5.74) is 0.685. The maximum absolute atomic E-state index is 13.2. The monoisotopic (exact) mass is 343 g/mol. The molecule has 0 aromatic heterocycles. The molecule has 0 aliphatic carbocycles. The standard InChI is InChI=1S/C14H15BrFNO3/c1-2-20-14(19)10-7-17-6-9(13(10)18)8-3-4-12(16)11(15)5-8/h3-5,9-10,17H,2,6-7H2,1H3. The lowest BCUT2D eigenvalue weighted by Crippen LogP contribution is -2.46. The molecule has 20 heavy (non-hydrogen) atoms. The number of halogens is 2. The van der Waals surface area contributed by atoms with Crippen LogP contribution >= 0.6 is 15.9 Å². The van der Waals surface area contributed by atoms with E-state index in [2.05, 4.69) is 21.2 Å². The summed E-state index contributed by atoms with van der Waals surface area (Å²) < 4.78 is 18.5. The second kappa shape index (κ2) is 6.45. The van der Waals surface area contributed by atoms with Gasteiger partial charge in [-0.3, -0.25) is 9.59 Å². The molecule has 4 nitrogen and oxygen atoms in total. The van der Waals surface area contributed by atoms with Gasteiger partial charge in [-0.25, -0.2) is 4.39 Å². The van der Waals surface area contributed by atoms with Crippen LogP contribution in [-0.4, -0.2) is 31.4 Å².